The van der Waals surface area contributed by atoms with Crippen molar-refractivity contribution in [3.8, 4) is 33.4 Å². The predicted molar refractivity (Wildman–Crippen MR) is 227 cm³/mol. The van der Waals surface area contributed by atoms with Gasteiger partial charge in [-0.1, -0.05) is 140 Å². The Morgan fingerprint density at radius 3 is 1.43 bits per heavy atom. The molecule has 0 unspecified atom stereocenters. The van der Waals surface area contributed by atoms with Crippen molar-refractivity contribution in [2.45, 2.75) is 0 Å². The Balaban J connectivity index is 1.09. The summed E-state index contributed by atoms with van der Waals surface area (Å²) in [7, 11) is 0. The van der Waals surface area contributed by atoms with Crippen LogP contribution < -0.4 is 0 Å². The molecule has 0 amide bonds. The molecule has 2 aromatic heterocycles. The Bertz CT molecular complexity index is 3450. The van der Waals surface area contributed by atoms with Crippen LogP contribution in [0.5, 0.6) is 0 Å². The Morgan fingerprint density at radius 1 is 0.259 bits per heavy atom. The van der Waals surface area contributed by atoms with E-state index >= 15 is 0 Å². The summed E-state index contributed by atoms with van der Waals surface area (Å²) in [5, 5.41) is 14.2. The first-order valence-electron chi connectivity index (χ1n) is 18.5. The minimum atomic E-state index is 0.881. The van der Waals surface area contributed by atoms with Gasteiger partial charge in [0.15, 0.2) is 0 Å². The number of benzene rings is 10. The number of rotatable bonds is 3. The molecule has 10 aromatic carbocycles. The molecule has 250 valence electrons. The molecule has 0 aliphatic heterocycles. The van der Waals surface area contributed by atoms with E-state index in [0.717, 1.165) is 54.8 Å². The van der Waals surface area contributed by atoms with Gasteiger partial charge in [0.1, 0.15) is 22.3 Å². The summed E-state index contributed by atoms with van der Waals surface area (Å²) in [6, 6.07) is 65.7. The number of para-hydroxylation sites is 1. The molecule has 0 saturated heterocycles. The van der Waals surface area contributed by atoms with Gasteiger partial charge in [-0.15, -0.1) is 0 Å². The van der Waals surface area contributed by atoms with Crippen molar-refractivity contribution >= 4 is 87.0 Å². The molecule has 12 rings (SSSR count). The summed E-state index contributed by atoms with van der Waals surface area (Å²) < 4.78 is 12.9. The van der Waals surface area contributed by atoms with Gasteiger partial charge in [0.05, 0.1) is 0 Å². The molecule has 0 fully saturated rings. The van der Waals surface area contributed by atoms with Gasteiger partial charge < -0.3 is 8.83 Å². The molecular weight excluding hydrogens is 657 g/mol. The Labute approximate surface area is 310 Å². The topological polar surface area (TPSA) is 26.3 Å². The van der Waals surface area contributed by atoms with Crippen LogP contribution in [-0.4, -0.2) is 0 Å². The lowest BCUT2D eigenvalue weighted by molar-refractivity contribution is 0.669. The normalized spacial score (nSPS) is 12.1. The lowest BCUT2D eigenvalue weighted by Gasteiger charge is -2.18. The van der Waals surface area contributed by atoms with Crippen molar-refractivity contribution < 1.29 is 8.83 Å². The largest absolute Gasteiger partial charge is 0.456 e. The lowest BCUT2D eigenvalue weighted by Crippen LogP contribution is -1.91. The maximum atomic E-state index is 6.51. The zero-order valence-corrected chi connectivity index (χ0v) is 29.1. The van der Waals surface area contributed by atoms with Crippen LogP contribution in [0.3, 0.4) is 0 Å². The first-order chi connectivity index (χ1) is 26.8. The summed E-state index contributed by atoms with van der Waals surface area (Å²) in [6.45, 7) is 0. The maximum absolute atomic E-state index is 6.51. The van der Waals surface area contributed by atoms with Crippen LogP contribution in [0.15, 0.2) is 191 Å². The number of fused-ring (bicyclic) bond motifs is 11. The predicted octanol–water partition coefficient (Wildman–Crippen LogP) is 15.1. The second-order valence-corrected chi connectivity index (χ2v) is 14.4. The third-order valence-corrected chi connectivity index (χ3v) is 11.4. The van der Waals surface area contributed by atoms with Crippen LogP contribution in [0.1, 0.15) is 0 Å². The first kappa shape index (κ1) is 29.4. The van der Waals surface area contributed by atoms with E-state index in [1.54, 1.807) is 0 Å². The van der Waals surface area contributed by atoms with Crippen LogP contribution in [0.25, 0.3) is 120 Å². The standard InChI is InChI=1S/C52H30O2/c1-2-12-32-27-34(22-21-31(32)11-1)50-38-15-4-6-17-40(38)51(41-18-7-5-16-39(41)50)35-24-26-49-45(29-35)44-28-33(23-25-48(44)53-49)43-30-46-37-14-9-10-20-47(37)54-52(46)42-19-8-3-13-36(42)43/h1-30H. The molecule has 0 N–H and O–H groups in total. The fourth-order valence-corrected chi connectivity index (χ4v) is 8.98. The average molecular weight is 687 g/mol. The summed E-state index contributed by atoms with van der Waals surface area (Å²) in [6.07, 6.45) is 0. The summed E-state index contributed by atoms with van der Waals surface area (Å²) in [5.41, 5.74) is 10.8. The van der Waals surface area contributed by atoms with Gasteiger partial charge in [-0.25, -0.2) is 0 Å². The highest BCUT2D eigenvalue weighted by Crippen LogP contribution is 2.46. The van der Waals surface area contributed by atoms with Crippen LogP contribution in [0.2, 0.25) is 0 Å². The zero-order chi connectivity index (χ0) is 35.3. The van der Waals surface area contributed by atoms with Crippen LogP contribution >= 0.6 is 0 Å². The van der Waals surface area contributed by atoms with Crippen LogP contribution in [0.4, 0.5) is 0 Å². The summed E-state index contributed by atoms with van der Waals surface area (Å²) in [5.74, 6) is 0. The minimum absolute atomic E-state index is 0.881. The quantitative estimate of drug-likeness (QED) is 0.173. The smallest absolute Gasteiger partial charge is 0.143 e. The van der Waals surface area contributed by atoms with Gasteiger partial charge in [0.2, 0.25) is 0 Å². The Hall–Kier alpha value is -7.16. The summed E-state index contributed by atoms with van der Waals surface area (Å²) >= 11 is 0. The van der Waals surface area contributed by atoms with Crippen molar-refractivity contribution in [3.05, 3.63) is 182 Å². The van der Waals surface area contributed by atoms with Crippen molar-refractivity contribution in [2.24, 2.45) is 0 Å². The molecule has 0 saturated carbocycles. The molecule has 12 aromatic rings. The number of furan rings is 2. The van der Waals surface area contributed by atoms with E-state index in [9.17, 15) is 0 Å². The molecule has 2 heteroatoms. The minimum Gasteiger partial charge on any atom is -0.456 e. The highest BCUT2D eigenvalue weighted by molar-refractivity contribution is 6.23. The molecule has 2 heterocycles. The first-order valence-corrected chi connectivity index (χ1v) is 18.5. The fourth-order valence-electron chi connectivity index (χ4n) is 8.98. The van der Waals surface area contributed by atoms with E-state index in [4.69, 9.17) is 8.83 Å². The second-order valence-electron chi connectivity index (χ2n) is 14.4. The van der Waals surface area contributed by atoms with E-state index in [1.165, 1.54) is 65.5 Å². The molecule has 0 spiro atoms. The molecule has 54 heavy (non-hydrogen) atoms. The second kappa shape index (κ2) is 11.2. The van der Waals surface area contributed by atoms with Gasteiger partial charge in [0, 0.05) is 26.9 Å². The van der Waals surface area contributed by atoms with Crippen molar-refractivity contribution in [3.63, 3.8) is 0 Å². The zero-order valence-electron chi connectivity index (χ0n) is 29.1. The van der Waals surface area contributed by atoms with Gasteiger partial charge in [-0.3, -0.25) is 0 Å². The third-order valence-electron chi connectivity index (χ3n) is 11.4. The third kappa shape index (κ3) is 4.22. The molecule has 0 radical (unpaired) electrons. The number of hydrogen-bond acceptors (Lipinski definition) is 2. The van der Waals surface area contributed by atoms with Crippen molar-refractivity contribution in [1.82, 2.24) is 0 Å². The Morgan fingerprint density at radius 2 is 0.741 bits per heavy atom. The van der Waals surface area contributed by atoms with E-state index in [-0.39, 0.29) is 0 Å². The van der Waals surface area contributed by atoms with E-state index < -0.39 is 0 Å². The highest BCUT2D eigenvalue weighted by Gasteiger charge is 2.19. The van der Waals surface area contributed by atoms with E-state index in [1.807, 2.05) is 6.07 Å². The van der Waals surface area contributed by atoms with Gasteiger partial charge in [0.25, 0.3) is 0 Å². The number of hydrogen-bond donors (Lipinski definition) is 0. The lowest BCUT2D eigenvalue weighted by atomic mass is 9.85. The van der Waals surface area contributed by atoms with Crippen LogP contribution in [-0.2, 0) is 0 Å². The molecule has 0 atom stereocenters. The fraction of sp³-hybridized carbons (Fsp3) is 0. The molecule has 0 bridgehead atoms. The Kier molecular flexibility index (Phi) is 6.09. The molecule has 0 aliphatic carbocycles. The van der Waals surface area contributed by atoms with Gasteiger partial charge in [-0.05, 0) is 114 Å². The molecule has 2 nitrogen and oxygen atoms in total. The average Bonchev–Trinajstić information content (AvgIpc) is 3.80. The van der Waals surface area contributed by atoms with E-state index in [2.05, 4.69) is 176 Å². The van der Waals surface area contributed by atoms with Crippen molar-refractivity contribution in [1.29, 1.82) is 0 Å². The van der Waals surface area contributed by atoms with Gasteiger partial charge in [-0.2, -0.15) is 0 Å². The van der Waals surface area contributed by atoms with Crippen LogP contribution in [0, 0.1) is 0 Å². The van der Waals surface area contributed by atoms with Gasteiger partial charge >= 0.3 is 0 Å². The summed E-state index contributed by atoms with van der Waals surface area (Å²) in [4.78, 5) is 0. The van der Waals surface area contributed by atoms with E-state index in [0.29, 0.717) is 0 Å². The van der Waals surface area contributed by atoms with Crippen molar-refractivity contribution in [2.75, 3.05) is 0 Å². The molecule has 0 aliphatic rings. The SMILES string of the molecule is c1ccc2cc(-c3c4ccccc4c(-c4ccc5oc6ccc(-c7cc8c9ccccc9oc8c8ccccc78)cc6c5c4)c4ccccc34)ccc2c1. The highest BCUT2D eigenvalue weighted by atomic mass is 16.3. The maximum Gasteiger partial charge on any atom is 0.143 e. The monoisotopic (exact) mass is 686 g/mol. The molecular formula is C52H30O2.